The van der Waals surface area contributed by atoms with Crippen molar-refractivity contribution in [3.05, 3.63) is 99.1 Å². The van der Waals surface area contributed by atoms with Gasteiger partial charge < -0.3 is 15.0 Å². The zero-order valence-corrected chi connectivity index (χ0v) is 17.3. The number of carbonyl (C=O) groups is 1. The maximum atomic E-state index is 13.6. The van der Waals surface area contributed by atoms with Gasteiger partial charge in [0.2, 0.25) is 0 Å². The third-order valence-corrected chi connectivity index (χ3v) is 5.95. The number of aliphatic hydroxyl groups excluding tert-OH is 1. The average molecular weight is 421 g/mol. The first-order chi connectivity index (χ1) is 15.5. The molecule has 0 aliphatic heterocycles. The van der Waals surface area contributed by atoms with Gasteiger partial charge >= 0.3 is 0 Å². The van der Waals surface area contributed by atoms with E-state index in [0.717, 1.165) is 11.3 Å². The summed E-state index contributed by atoms with van der Waals surface area (Å²) in [6.45, 7) is 7.75. The van der Waals surface area contributed by atoms with Gasteiger partial charge in [0.15, 0.2) is 5.78 Å². The zero-order valence-electron chi connectivity index (χ0n) is 17.3. The number of nitrogens with zero attached hydrogens (tertiary/aromatic N) is 2. The summed E-state index contributed by atoms with van der Waals surface area (Å²) in [5.41, 5.74) is 4.75. The molecule has 0 saturated heterocycles. The van der Waals surface area contributed by atoms with Crippen LogP contribution in [0.4, 0.5) is 17.1 Å². The Morgan fingerprint density at radius 2 is 1.69 bits per heavy atom. The number of benzene rings is 3. The Morgan fingerprint density at radius 3 is 2.38 bits per heavy atom. The van der Waals surface area contributed by atoms with Crippen LogP contribution in [0.1, 0.15) is 21.5 Å². The highest BCUT2D eigenvalue weighted by atomic mass is 16.3. The van der Waals surface area contributed by atoms with E-state index < -0.39 is 0 Å². The van der Waals surface area contributed by atoms with E-state index in [4.69, 9.17) is 11.7 Å². The monoisotopic (exact) mass is 421 g/mol. The summed E-state index contributed by atoms with van der Waals surface area (Å²) >= 11 is 0. The Labute approximate surface area is 184 Å². The lowest BCUT2D eigenvalue weighted by Gasteiger charge is -2.24. The molecule has 1 aliphatic rings. The van der Waals surface area contributed by atoms with Crippen LogP contribution in [-0.2, 0) is 13.5 Å². The number of ketones is 1. The molecule has 0 radical (unpaired) electrons. The number of fused-ring (bicyclic) bond motifs is 2. The summed E-state index contributed by atoms with van der Waals surface area (Å²) in [6.07, 6.45) is 0.577. The molecule has 0 atom stereocenters. The molecule has 1 aromatic heterocycles. The van der Waals surface area contributed by atoms with Crippen molar-refractivity contribution < 1.29 is 9.90 Å². The Balaban J connectivity index is 1.80. The van der Waals surface area contributed by atoms with Crippen LogP contribution in [0.5, 0.6) is 0 Å². The molecule has 5 rings (SSSR count). The van der Waals surface area contributed by atoms with Crippen molar-refractivity contribution in [3.8, 4) is 11.1 Å². The molecule has 3 aromatic carbocycles. The summed E-state index contributed by atoms with van der Waals surface area (Å²) in [7, 11) is 1.62. The summed E-state index contributed by atoms with van der Waals surface area (Å²) in [4.78, 5) is 30.1. The molecule has 1 aliphatic carbocycles. The lowest BCUT2D eigenvalue weighted by atomic mass is 9.82. The van der Waals surface area contributed by atoms with Gasteiger partial charge in [0.05, 0.1) is 17.8 Å². The van der Waals surface area contributed by atoms with Gasteiger partial charge in [-0.05, 0) is 41.8 Å². The lowest BCUT2D eigenvalue weighted by molar-refractivity contribution is 0.104. The van der Waals surface area contributed by atoms with E-state index >= 15 is 0 Å². The van der Waals surface area contributed by atoms with Crippen molar-refractivity contribution in [2.24, 2.45) is 7.05 Å². The molecule has 32 heavy (non-hydrogen) atoms. The van der Waals surface area contributed by atoms with E-state index in [2.05, 4.69) is 10.2 Å². The van der Waals surface area contributed by atoms with Crippen LogP contribution in [0.2, 0.25) is 0 Å². The number of aliphatic hydroxyl groups is 1. The van der Waals surface area contributed by atoms with Crippen molar-refractivity contribution in [1.29, 1.82) is 0 Å². The Kier molecular flexibility index (Phi) is 4.62. The molecule has 6 heteroatoms. The minimum absolute atomic E-state index is 0.0201. The van der Waals surface area contributed by atoms with E-state index in [0.29, 0.717) is 45.3 Å². The molecule has 0 bridgehead atoms. The number of aromatic nitrogens is 1. The second kappa shape index (κ2) is 7.49. The van der Waals surface area contributed by atoms with Crippen LogP contribution in [0.25, 0.3) is 26.9 Å². The minimum atomic E-state index is -0.377. The fourth-order valence-corrected chi connectivity index (χ4v) is 4.40. The SMILES string of the molecule is [C-]#[N+]c1c2c3c(c(Nc4ccc(CCO)cc4)ccc3n(C)c1=O)C(=O)c1ccccc1-2. The number of hydrogen-bond donors (Lipinski definition) is 2. The minimum Gasteiger partial charge on any atom is -0.396 e. The highest BCUT2D eigenvalue weighted by Crippen LogP contribution is 2.45. The first kappa shape index (κ1) is 19.7. The summed E-state index contributed by atoms with van der Waals surface area (Å²) < 4.78 is 1.43. The Morgan fingerprint density at radius 1 is 0.969 bits per heavy atom. The summed E-state index contributed by atoms with van der Waals surface area (Å²) in [5.74, 6) is -0.146. The van der Waals surface area contributed by atoms with Gasteiger partial charge in [-0.25, -0.2) is 4.85 Å². The highest BCUT2D eigenvalue weighted by molar-refractivity contribution is 6.29. The molecule has 2 N–H and O–H groups in total. The normalized spacial score (nSPS) is 11.8. The molecule has 0 spiro atoms. The third kappa shape index (κ3) is 2.83. The van der Waals surface area contributed by atoms with Crippen molar-refractivity contribution in [3.63, 3.8) is 0 Å². The van der Waals surface area contributed by atoms with E-state index in [9.17, 15) is 9.59 Å². The first-order valence-corrected chi connectivity index (χ1v) is 10.2. The number of aryl methyl sites for hydroxylation is 1. The van der Waals surface area contributed by atoms with Crippen LogP contribution in [0.15, 0.2) is 65.5 Å². The van der Waals surface area contributed by atoms with Crippen LogP contribution in [-0.4, -0.2) is 22.1 Å². The molecular weight excluding hydrogens is 402 g/mol. The van der Waals surface area contributed by atoms with E-state index in [1.165, 1.54) is 4.57 Å². The van der Waals surface area contributed by atoms with E-state index in [-0.39, 0.29) is 23.6 Å². The van der Waals surface area contributed by atoms with Gasteiger partial charge in [0, 0.05) is 41.4 Å². The summed E-state index contributed by atoms with van der Waals surface area (Å²) in [6, 6.07) is 18.4. The largest absolute Gasteiger partial charge is 0.396 e. The molecule has 0 unspecified atom stereocenters. The first-order valence-electron chi connectivity index (χ1n) is 10.2. The van der Waals surface area contributed by atoms with Crippen LogP contribution >= 0.6 is 0 Å². The summed E-state index contributed by atoms with van der Waals surface area (Å²) in [5, 5.41) is 13.1. The van der Waals surface area contributed by atoms with Gasteiger partial charge in [-0.1, -0.05) is 36.4 Å². The molecule has 0 amide bonds. The maximum absolute atomic E-state index is 13.6. The molecule has 4 aromatic rings. The predicted octanol–water partition coefficient (Wildman–Crippen LogP) is 4.58. The standard InChI is InChI=1S/C26H19N3O3/c1-27-24-21-17-5-3-4-6-18(17)25(31)22-19(11-12-20(23(21)22)29(2)26(24)32)28-16-9-7-15(8-10-16)13-14-30/h3-12,28,30H,13-14H2,2H3. The third-order valence-electron chi connectivity index (χ3n) is 5.95. The van der Waals surface area contributed by atoms with E-state index in [1.807, 2.05) is 30.3 Å². The average Bonchev–Trinajstić information content (AvgIpc) is 2.81. The second-order valence-electron chi connectivity index (χ2n) is 7.75. The second-order valence-corrected chi connectivity index (χ2v) is 7.75. The zero-order chi connectivity index (χ0) is 22.4. The number of pyridine rings is 1. The van der Waals surface area contributed by atoms with Gasteiger partial charge in [-0.3, -0.25) is 9.59 Å². The van der Waals surface area contributed by atoms with E-state index in [1.54, 1.807) is 37.4 Å². The lowest BCUT2D eigenvalue weighted by Crippen LogP contribution is -2.21. The predicted molar refractivity (Wildman–Crippen MR) is 125 cm³/mol. The quantitative estimate of drug-likeness (QED) is 0.417. The van der Waals surface area contributed by atoms with Crippen molar-refractivity contribution in [1.82, 2.24) is 4.57 Å². The molecule has 1 heterocycles. The number of carbonyl (C=O) groups excluding carboxylic acids is 1. The van der Waals surface area contributed by atoms with Crippen LogP contribution in [0.3, 0.4) is 0 Å². The molecule has 0 fully saturated rings. The molecular formula is C26H19N3O3. The van der Waals surface area contributed by atoms with Gasteiger partial charge in [0.25, 0.3) is 11.2 Å². The molecule has 156 valence electrons. The Hall–Kier alpha value is -4.21. The van der Waals surface area contributed by atoms with Crippen molar-refractivity contribution >= 4 is 33.7 Å². The topological polar surface area (TPSA) is 75.7 Å². The van der Waals surface area contributed by atoms with Gasteiger partial charge in [-0.15, -0.1) is 0 Å². The van der Waals surface area contributed by atoms with Gasteiger partial charge in [-0.2, -0.15) is 0 Å². The van der Waals surface area contributed by atoms with Crippen LogP contribution in [0, 0.1) is 6.57 Å². The fourth-order valence-electron chi connectivity index (χ4n) is 4.40. The maximum Gasteiger partial charge on any atom is 0.258 e. The van der Waals surface area contributed by atoms with Crippen molar-refractivity contribution in [2.45, 2.75) is 6.42 Å². The Bertz CT molecular complexity index is 1510. The van der Waals surface area contributed by atoms with Crippen molar-refractivity contribution in [2.75, 3.05) is 11.9 Å². The fraction of sp³-hybridized carbons (Fsp3) is 0.115. The molecule has 6 nitrogen and oxygen atoms in total. The van der Waals surface area contributed by atoms with Gasteiger partial charge in [0.1, 0.15) is 0 Å². The van der Waals surface area contributed by atoms with Crippen LogP contribution < -0.4 is 10.9 Å². The number of anilines is 2. The number of nitrogens with one attached hydrogen (secondary N) is 1. The number of rotatable bonds is 4. The smallest absolute Gasteiger partial charge is 0.258 e. The molecule has 0 saturated carbocycles. The highest BCUT2D eigenvalue weighted by Gasteiger charge is 2.31. The number of hydrogen-bond acceptors (Lipinski definition) is 4.